The number of esters is 1. The van der Waals surface area contributed by atoms with Crippen molar-refractivity contribution in [1.82, 2.24) is 0 Å². The van der Waals surface area contributed by atoms with Crippen LogP contribution in [0.15, 0.2) is 18.2 Å². The fourth-order valence-corrected chi connectivity index (χ4v) is 1.94. The quantitative estimate of drug-likeness (QED) is 0.448. The molecule has 0 unspecified atom stereocenters. The van der Waals surface area contributed by atoms with Crippen molar-refractivity contribution in [3.63, 3.8) is 0 Å². The molecule has 3 nitrogen and oxygen atoms in total. The zero-order valence-electron chi connectivity index (χ0n) is 12.2. The number of benzene rings is 1. The van der Waals surface area contributed by atoms with Gasteiger partial charge in [-0.1, -0.05) is 26.0 Å². The van der Waals surface area contributed by atoms with Gasteiger partial charge in [0.25, 0.3) is 0 Å². The van der Waals surface area contributed by atoms with Crippen LogP contribution in [0, 0.1) is 0 Å². The largest absolute Gasteiger partial charge is 0.463 e. The van der Waals surface area contributed by atoms with E-state index >= 15 is 0 Å². The molecule has 0 aliphatic carbocycles. The smallest absolute Gasteiger partial charge is 0.313 e. The van der Waals surface area contributed by atoms with Crippen LogP contribution < -0.4 is 0 Å². The van der Waals surface area contributed by atoms with E-state index in [-0.39, 0.29) is 18.3 Å². The molecule has 0 saturated heterocycles. The van der Waals surface area contributed by atoms with E-state index in [4.69, 9.17) is 4.74 Å². The zero-order valence-corrected chi connectivity index (χ0v) is 12.2. The Labute approximate surface area is 115 Å². The number of ether oxygens (including phenoxy) is 1. The van der Waals surface area contributed by atoms with Gasteiger partial charge in [-0.3, -0.25) is 9.59 Å². The molecule has 0 saturated carbocycles. The first-order valence-electron chi connectivity index (χ1n) is 6.82. The predicted molar refractivity (Wildman–Crippen MR) is 75.4 cm³/mol. The number of ketones is 1. The van der Waals surface area contributed by atoms with Gasteiger partial charge in [0, 0.05) is 5.56 Å². The molecule has 0 bridgehead atoms. The molecule has 0 fully saturated rings. The summed E-state index contributed by atoms with van der Waals surface area (Å²) in [7, 11) is 0. The first-order valence-corrected chi connectivity index (χ1v) is 6.82. The van der Waals surface area contributed by atoms with Crippen LogP contribution in [-0.4, -0.2) is 17.9 Å². The van der Waals surface area contributed by atoms with E-state index in [2.05, 4.69) is 0 Å². The third-order valence-corrected chi connectivity index (χ3v) is 2.94. The van der Waals surface area contributed by atoms with Gasteiger partial charge in [-0.25, -0.2) is 0 Å². The molecule has 1 rings (SSSR count). The Kier molecular flexibility index (Phi) is 5.74. The summed E-state index contributed by atoms with van der Waals surface area (Å²) in [6, 6.07) is 5.89. The molecule has 0 spiro atoms. The summed E-state index contributed by atoms with van der Waals surface area (Å²) in [6.07, 6.45) is 1.29. The highest BCUT2D eigenvalue weighted by atomic mass is 16.5. The van der Waals surface area contributed by atoms with Gasteiger partial charge >= 0.3 is 5.97 Å². The van der Waals surface area contributed by atoms with Gasteiger partial charge < -0.3 is 4.74 Å². The number of rotatable bonds is 6. The van der Waals surface area contributed by atoms with Crippen LogP contribution >= 0.6 is 0 Å². The summed E-state index contributed by atoms with van der Waals surface area (Å²) in [5, 5.41) is 0. The van der Waals surface area contributed by atoms with Gasteiger partial charge in [0.15, 0.2) is 5.78 Å². The number of hydrogen-bond donors (Lipinski definition) is 0. The molecule has 104 valence electrons. The number of carbonyl (C=O) groups is 2. The lowest BCUT2D eigenvalue weighted by Crippen LogP contribution is -2.16. The Morgan fingerprint density at radius 3 is 2.37 bits per heavy atom. The molecule has 19 heavy (non-hydrogen) atoms. The van der Waals surface area contributed by atoms with Gasteiger partial charge in [0.2, 0.25) is 0 Å². The fourth-order valence-electron chi connectivity index (χ4n) is 1.94. The predicted octanol–water partition coefficient (Wildman–Crippen LogP) is 3.34. The Morgan fingerprint density at radius 2 is 1.84 bits per heavy atom. The molecule has 0 aromatic heterocycles. The van der Waals surface area contributed by atoms with Crippen LogP contribution in [0.2, 0.25) is 0 Å². The normalized spacial score (nSPS) is 10.6. The van der Waals surface area contributed by atoms with Crippen molar-refractivity contribution >= 4 is 11.8 Å². The highest BCUT2D eigenvalue weighted by molar-refractivity contribution is 6.06. The Balaban J connectivity index is 2.88. The Bertz CT molecular complexity index is 461. The molecule has 0 N–H and O–H groups in total. The van der Waals surface area contributed by atoms with E-state index < -0.39 is 5.97 Å². The summed E-state index contributed by atoms with van der Waals surface area (Å²) in [4.78, 5) is 23.7. The number of Topliss-reactive ketones (excluding diaryl/α,β-unsaturated/α-hetero) is 1. The molecule has 0 aliphatic rings. The molecule has 0 amide bonds. The van der Waals surface area contributed by atoms with E-state index in [1.54, 1.807) is 13.8 Å². The van der Waals surface area contributed by atoms with Crippen molar-refractivity contribution in [2.24, 2.45) is 0 Å². The molecule has 0 heterocycles. The topological polar surface area (TPSA) is 43.4 Å². The minimum absolute atomic E-state index is 0.155. The maximum Gasteiger partial charge on any atom is 0.313 e. The summed E-state index contributed by atoms with van der Waals surface area (Å²) < 4.78 is 5.01. The second-order valence-corrected chi connectivity index (χ2v) is 4.84. The molecule has 3 heteroatoms. The second kappa shape index (κ2) is 7.07. The standard InChI is InChI=1S/C16H22O3/c1-5-12-7-8-13(6-2)14(9-12)15(17)10-16(18)19-11(3)4/h7-9,11H,5-6,10H2,1-4H3. The van der Waals surface area contributed by atoms with Gasteiger partial charge in [0.05, 0.1) is 6.10 Å². The van der Waals surface area contributed by atoms with E-state index in [0.29, 0.717) is 5.56 Å². The van der Waals surface area contributed by atoms with Crippen LogP contribution in [0.5, 0.6) is 0 Å². The van der Waals surface area contributed by atoms with E-state index in [0.717, 1.165) is 24.0 Å². The van der Waals surface area contributed by atoms with Crippen LogP contribution in [0.25, 0.3) is 0 Å². The summed E-state index contributed by atoms with van der Waals surface area (Å²) in [6.45, 7) is 7.60. The fraction of sp³-hybridized carbons (Fsp3) is 0.500. The van der Waals surface area contributed by atoms with Crippen LogP contribution in [-0.2, 0) is 22.4 Å². The molecule has 0 aliphatic heterocycles. The van der Waals surface area contributed by atoms with E-state index in [1.807, 2.05) is 32.0 Å². The third-order valence-electron chi connectivity index (χ3n) is 2.94. The minimum Gasteiger partial charge on any atom is -0.463 e. The SMILES string of the molecule is CCc1ccc(CC)c(C(=O)CC(=O)OC(C)C)c1. The average Bonchev–Trinajstić information content (AvgIpc) is 2.36. The first-order chi connectivity index (χ1) is 8.97. The lowest BCUT2D eigenvalue weighted by molar-refractivity contribution is -0.146. The lowest BCUT2D eigenvalue weighted by atomic mass is 9.96. The van der Waals surface area contributed by atoms with Crippen molar-refractivity contribution in [3.05, 3.63) is 34.9 Å². The molecule has 1 aromatic carbocycles. The highest BCUT2D eigenvalue weighted by Crippen LogP contribution is 2.16. The van der Waals surface area contributed by atoms with Gasteiger partial charge in [-0.15, -0.1) is 0 Å². The molecule has 0 atom stereocenters. The maximum atomic E-state index is 12.2. The van der Waals surface area contributed by atoms with Gasteiger partial charge in [-0.05, 0) is 43.9 Å². The summed E-state index contributed by atoms with van der Waals surface area (Å²) in [5.41, 5.74) is 2.75. The summed E-state index contributed by atoms with van der Waals surface area (Å²) in [5.74, 6) is -0.609. The Hall–Kier alpha value is -1.64. The average molecular weight is 262 g/mol. The van der Waals surface area contributed by atoms with Crippen LogP contribution in [0.3, 0.4) is 0 Å². The van der Waals surface area contributed by atoms with Gasteiger partial charge in [-0.2, -0.15) is 0 Å². The van der Waals surface area contributed by atoms with Crippen molar-refractivity contribution in [1.29, 1.82) is 0 Å². The summed E-state index contributed by atoms with van der Waals surface area (Å²) >= 11 is 0. The van der Waals surface area contributed by atoms with Crippen molar-refractivity contribution in [2.45, 2.75) is 53.1 Å². The maximum absolute atomic E-state index is 12.2. The zero-order chi connectivity index (χ0) is 14.4. The molecular weight excluding hydrogens is 240 g/mol. The monoisotopic (exact) mass is 262 g/mol. The third kappa shape index (κ3) is 4.51. The van der Waals surface area contributed by atoms with Crippen LogP contribution in [0.4, 0.5) is 0 Å². The number of carbonyl (C=O) groups excluding carboxylic acids is 2. The van der Waals surface area contributed by atoms with Crippen molar-refractivity contribution in [2.75, 3.05) is 0 Å². The van der Waals surface area contributed by atoms with E-state index in [1.165, 1.54) is 0 Å². The molecule has 1 aromatic rings. The Morgan fingerprint density at radius 1 is 1.16 bits per heavy atom. The second-order valence-electron chi connectivity index (χ2n) is 4.84. The minimum atomic E-state index is -0.455. The van der Waals surface area contributed by atoms with Crippen LogP contribution in [0.1, 0.15) is 55.6 Å². The highest BCUT2D eigenvalue weighted by Gasteiger charge is 2.17. The van der Waals surface area contributed by atoms with Gasteiger partial charge in [0.1, 0.15) is 6.42 Å². The first kappa shape index (κ1) is 15.4. The van der Waals surface area contributed by atoms with Crippen molar-refractivity contribution in [3.8, 4) is 0 Å². The number of hydrogen-bond acceptors (Lipinski definition) is 3. The number of aryl methyl sites for hydroxylation is 2. The van der Waals surface area contributed by atoms with E-state index in [9.17, 15) is 9.59 Å². The lowest BCUT2D eigenvalue weighted by Gasteiger charge is -2.10. The molecule has 0 radical (unpaired) electrons. The van der Waals surface area contributed by atoms with Crippen molar-refractivity contribution < 1.29 is 14.3 Å². The molecular formula is C16H22O3.